The van der Waals surface area contributed by atoms with Crippen molar-refractivity contribution in [3.8, 4) is 11.5 Å². The highest BCUT2D eigenvalue weighted by molar-refractivity contribution is 5.96. The molecule has 2 aromatic carbocycles. The number of amides is 3. The van der Waals surface area contributed by atoms with Gasteiger partial charge in [-0.1, -0.05) is 30.3 Å². The van der Waals surface area contributed by atoms with Crippen molar-refractivity contribution in [1.29, 1.82) is 0 Å². The minimum atomic E-state index is -0.870. The van der Waals surface area contributed by atoms with Crippen LogP contribution in [0.4, 0.5) is 4.79 Å². The molecule has 2 atom stereocenters. The normalized spacial score (nSPS) is 12.7. The first kappa shape index (κ1) is 19.3. The van der Waals surface area contributed by atoms with Crippen LogP contribution >= 0.6 is 0 Å². The number of ether oxygens (including phenoxy) is 2. The fraction of sp³-hybridized carbons (Fsp3) is 0.263. The van der Waals surface area contributed by atoms with E-state index in [1.54, 1.807) is 20.3 Å². The van der Waals surface area contributed by atoms with Gasteiger partial charge in [0.25, 0.3) is 5.91 Å². The van der Waals surface area contributed by atoms with E-state index in [-0.39, 0.29) is 0 Å². The average molecular weight is 358 g/mol. The van der Waals surface area contributed by atoms with Crippen LogP contribution in [0.3, 0.4) is 0 Å². The second kappa shape index (κ2) is 8.87. The smallest absolute Gasteiger partial charge is 0.319 e. The summed E-state index contributed by atoms with van der Waals surface area (Å²) in [5.41, 5.74) is 6.83. The average Bonchev–Trinajstić information content (AvgIpc) is 2.62. The van der Waals surface area contributed by atoms with Crippen molar-refractivity contribution in [1.82, 2.24) is 5.32 Å². The van der Waals surface area contributed by atoms with Crippen molar-refractivity contribution in [3.05, 3.63) is 59.7 Å². The standard InChI is InChI=1S/C19H23N3O4/c1-22(12-14-9-10-15(25-2)11-16(14)26-3)17(18(23)21-19(20)24)13-7-5-4-6-8-13/h4-11,17H,12H2,1-3H3,(H3,20,21,23,24)/p+1/t17-/m1/s1. The quantitative estimate of drug-likeness (QED) is 0.677. The van der Waals surface area contributed by atoms with Gasteiger partial charge in [-0.25, -0.2) is 4.79 Å². The van der Waals surface area contributed by atoms with Crippen molar-refractivity contribution in [3.63, 3.8) is 0 Å². The van der Waals surface area contributed by atoms with E-state index >= 15 is 0 Å². The molecule has 2 rings (SSSR count). The van der Waals surface area contributed by atoms with E-state index in [1.165, 1.54) is 0 Å². The highest BCUT2D eigenvalue weighted by Gasteiger charge is 2.30. The Morgan fingerprint density at radius 2 is 1.81 bits per heavy atom. The van der Waals surface area contributed by atoms with Crippen molar-refractivity contribution < 1.29 is 24.0 Å². The first-order valence-corrected chi connectivity index (χ1v) is 8.14. The third kappa shape index (κ3) is 4.73. The molecule has 138 valence electrons. The molecule has 2 aromatic rings. The second-order valence-electron chi connectivity index (χ2n) is 5.90. The van der Waals surface area contributed by atoms with Gasteiger partial charge >= 0.3 is 6.03 Å². The predicted molar refractivity (Wildman–Crippen MR) is 97.0 cm³/mol. The van der Waals surface area contributed by atoms with E-state index in [9.17, 15) is 9.59 Å². The lowest BCUT2D eigenvalue weighted by atomic mass is 10.0. The van der Waals surface area contributed by atoms with Crippen molar-refractivity contribution in [2.45, 2.75) is 12.6 Å². The number of benzene rings is 2. The Kier molecular flexibility index (Phi) is 6.57. The van der Waals surface area contributed by atoms with E-state index in [1.807, 2.05) is 49.5 Å². The van der Waals surface area contributed by atoms with Gasteiger partial charge in [-0.05, 0) is 12.1 Å². The Bertz CT molecular complexity index is 765. The highest BCUT2D eigenvalue weighted by atomic mass is 16.5. The molecule has 0 saturated carbocycles. The maximum Gasteiger partial charge on any atom is 0.319 e. The lowest BCUT2D eigenvalue weighted by Gasteiger charge is -2.25. The summed E-state index contributed by atoms with van der Waals surface area (Å²) in [5.74, 6) is 0.911. The molecule has 0 radical (unpaired) electrons. The number of quaternary nitrogens is 1. The second-order valence-corrected chi connectivity index (χ2v) is 5.90. The third-order valence-corrected chi connectivity index (χ3v) is 4.10. The number of likely N-dealkylation sites (N-methyl/N-ethyl adjacent to an activating group) is 1. The number of nitrogens with two attached hydrogens (primary N) is 1. The Hall–Kier alpha value is -3.06. The molecule has 0 fully saturated rings. The number of carbonyl (C=O) groups is 2. The molecule has 4 N–H and O–H groups in total. The molecule has 7 heteroatoms. The molecule has 0 aliphatic heterocycles. The number of nitrogens with one attached hydrogen (secondary N) is 2. The van der Waals surface area contributed by atoms with Gasteiger partial charge in [-0.3, -0.25) is 10.1 Å². The van der Waals surface area contributed by atoms with Gasteiger partial charge in [0.05, 0.1) is 21.3 Å². The topological polar surface area (TPSA) is 95.1 Å². The number of primary amides is 1. The van der Waals surface area contributed by atoms with Gasteiger partial charge in [-0.2, -0.15) is 0 Å². The Morgan fingerprint density at radius 1 is 1.12 bits per heavy atom. The molecule has 0 spiro atoms. The third-order valence-electron chi connectivity index (χ3n) is 4.10. The number of hydrogen-bond acceptors (Lipinski definition) is 4. The van der Waals surface area contributed by atoms with Crippen LogP contribution in [0.2, 0.25) is 0 Å². The van der Waals surface area contributed by atoms with Gasteiger partial charge in [0, 0.05) is 17.2 Å². The number of imide groups is 1. The Balaban J connectivity index is 2.31. The summed E-state index contributed by atoms with van der Waals surface area (Å²) < 4.78 is 10.6. The molecule has 26 heavy (non-hydrogen) atoms. The van der Waals surface area contributed by atoms with Gasteiger partial charge in [0.15, 0.2) is 6.04 Å². The van der Waals surface area contributed by atoms with Gasteiger partial charge in [0.1, 0.15) is 18.0 Å². The highest BCUT2D eigenvalue weighted by Crippen LogP contribution is 2.24. The van der Waals surface area contributed by atoms with Crippen molar-refractivity contribution in [2.24, 2.45) is 5.73 Å². The molecule has 3 amide bonds. The largest absolute Gasteiger partial charge is 0.497 e. The van der Waals surface area contributed by atoms with Crippen LogP contribution in [0.15, 0.2) is 48.5 Å². The first-order chi connectivity index (χ1) is 12.5. The summed E-state index contributed by atoms with van der Waals surface area (Å²) >= 11 is 0. The summed E-state index contributed by atoms with van der Waals surface area (Å²) in [6.45, 7) is 0.499. The fourth-order valence-electron chi connectivity index (χ4n) is 2.90. The van der Waals surface area contributed by atoms with Gasteiger partial charge < -0.3 is 20.1 Å². The molecular weight excluding hydrogens is 334 g/mol. The monoisotopic (exact) mass is 358 g/mol. The van der Waals surface area contributed by atoms with E-state index in [4.69, 9.17) is 15.2 Å². The Morgan fingerprint density at radius 3 is 2.38 bits per heavy atom. The summed E-state index contributed by atoms with van der Waals surface area (Å²) in [6, 6.07) is 13.3. The minimum Gasteiger partial charge on any atom is -0.497 e. The van der Waals surface area contributed by atoms with E-state index in [0.29, 0.717) is 18.0 Å². The van der Waals surface area contributed by atoms with Crippen LogP contribution in [-0.4, -0.2) is 33.2 Å². The maximum absolute atomic E-state index is 12.6. The lowest BCUT2D eigenvalue weighted by Crippen LogP contribution is -3.09. The van der Waals surface area contributed by atoms with Crippen LogP contribution in [0.1, 0.15) is 17.2 Å². The molecule has 1 unspecified atom stereocenters. The first-order valence-electron chi connectivity index (χ1n) is 8.14. The zero-order valence-electron chi connectivity index (χ0n) is 15.1. The molecule has 0 heterocycles. The Labute approximate surface area is 152 Å². The van der Waals surface area contributed by atoms with E-state index in [0.717, 1.165) is 16.0 Å². The molecular formula is C19H24N3O4+. The van der Waals surface area contributed by atoms with Crippen LogP contribution in [0.5, 0.6) is 11.5 Å². The minimum absolute atomic E-state index is 0.450. The van der Waals surface area contributed by atoms with Crippen molar-refractivity contribution in [2.75, 3.05) is 21.3 Å². The molecule has 0 aliphatic rings. The zero-order valence-corrected chi connectivity index (χ0v) is 15.1. The molecule has 0 bridgehead atoms. The number of methoxy groups -OCH3 is 2. The lowest BCUT2D eigenvalue weighted by molar-refractivity contribution is -0.916. The van der Waals surface area contributed by atoms with Gasteiger partial charge in [-0.15, -0.1) is 0 Å². The number of hydrogen-bond donors (Lipinski definition) is 3. The van der Waals surface area contributed by atoms with Crippen LogP contribution in [0.25, 0.3) is 0 Å². The fourth-order valence-corrected chi connectivity index (χ4v) is 2.90. The molecule has 7 nitrogen and oxygen atoms in total. The molecule has 0 aliphatic carbocycles. The van der Waals surface area contributed by atoms with Crippen LogP contribution in [0, 0.1) is 0 Å². The van der Waals surface area contributed by atoms with Gasteiger partial charge in [0.2, 0.25) is 0 Å². The summed E-state index contributed by atoms with van der Waals surface area (Å²) in [6.07, 6.45) is 0. The van der Waals surface area contributed by atoms with E-state index in [2.05, 4.69) is 5.32 Å². The van der Waals surface area contributed by atoms with Crippen molar-refractivity contribution >= 4 is 11.9 Å². The summed E-state index contributed by atoms with van der Waals surface area (Å²) in [4.78, 5) is 24.6. The van der Waals surface area contributed by atoms with E-state index < -0.39 is 18.0 Å². The molecule has 0 aromatic heterocycles. The maximum atomic E-state index is 12.6. The van der Waals surface area contributed by atoms with Crippen LogP contribution in [-0.2, 0) is 11.3 Å². The number of urea groups is 1. The molecule has 0 saturated heterocycles. The number of rotatable bonds is 7. The van der Waals surface area contributed by atoms with Crippen LogP contribution < -0.4 is 25.4 Å². The predicted octanol–water partition coefficient (Wildman–Crippen LogP) is 0.655. The number of carbonyl (C=O) groups excluding carboxylic acids is 2. The summed E-state index contributed by atoms with van der Waals surface area (Å²) in [7, 11) is 5.05. The zero-order chi connectivity index (χ0) is 19.1. The SMILES string of the molecule is COc1ccc(C[NH+](C)[C@@H](C(=O)NC(N)=O)c2ccccc2)c(OC)c1. The summed E-state index contributed by atoms with van der Waals surface area (Å²) in [5, 5.41) is 2.18.